The van der Waals surface area contributed by atoms with Gasteiger partial charge in [0.05, 0.1) is 10.6 Å². The zero-order valence-electron chi connectivity index (χ0n) is 10.3. The molecule has 2 fully saturated rings. The number of hydrogen-bond acceptors (Lipinski definition) is 3. The molecule has 0 aromatic heterocycles. The lowest BCUT2D eigenvalue weighted by Gasteiger charge is -2.35. The van der Waals surface area contributed by atoms with Crippen LogP contribution in [-0.4, -0.2) is 31.8 Å². The lowest BCUT2D eigenvalue weighted by atomic mass is 9.70. The molecule has 0 spiro atoms. The van der Waals surface area contributed by atoms with Crippen LogP contribution in [0, 0.1) is 16.7 Å². The lowest BCUT2D eigenvalue weighted by Crippen LogP contribution is -2.42. The molecule has 2 aliphatic rings. The third-order valence-electron chi connectivity index (χ3n) is 4.98. The summed E-state index contributed by atoms with van der Waals surface area (Å²) in [5.41, 5.74) is -0.962. The highest BCUT2D eigenvalue weighted by atomic mass is 79.9. The molecule has 17 heavy (non-hydrogen) atoms. The van der Waals surface area contributed by atoms with E-state index in [0.717, 1.165) is 12.8 Å². The maximum Gasteiger partial charge on any atom is 0.211 e. The standard InChI is InChI=1S/C11H18BrNO3S/c1-10-5-4-7(8(12)9(10)14)11(10,2)6-17(15,16)13-3/h7-8,13H,4-6H2,1-3H3/t7-,8+,10-,11-/m1/s1. The van der Waals surface area contributed by atoms with Crippen molar-refractivity contribution in [1.82, 2.24) is 4.72 Å². The van der Waals surface area contributed by atoms with Gasteiger partial charge in [0.25, 0.3) is 0 Å². The molecule has 0 saturated heterocycles. The Morgan fingerprint density at radius 1 is 1.47 bits per heavy atom. The van der Waals surface area contributed by atoms with E-state index in [-0.39, 0.29) is 22.3 Å². The molecule has 0 aromatic rings. The summed E-state index contributed by atoms with van der Waals surface area (Å²) in [6, 6.07) is 0. The van der Waals surface area contributed by atoms with Crippen LogP contribution in [0.5, 0.6) is 0 Å². The van der Waals surface area contributed by atoms with Gasteiger partial charge in [-0.05, 0) is 31.2 Å². The molecule has 0 radical (unpaired) electrons. The minimum atomic E-state index is -3.30. The highest BCUT2D eigenvalue weighted by Crippen LogP contribution is 2.65. The Morgan fingerprint density at radius 2 is 2.06 bits per heavy atom. The number of rotatable bonds is 3. The predicted octanol–water partition coefficient (Wildman–Crippen LogP) is 1.30. The molecular weight excluding hydrogens is 306 g/mol. The molecule has 2 saturated carbocycles. The summed E-state index contributed by atoms with van der Waals surface area (Å²) < 4.78 is 25.9. The van der Waals surface area contributed by atoms with Crippen LogP contribution >= 0.6 is 15.9 Å². The van der Waals surface area contributed by atoms with E-state index in [1.54, 1.807) is 0 Å². The van der Waals surface area contributed by atoms with Crippen LogP contribution in [0.4, 0.5) is 0 Å². The largest absolute Gasteiger partial charge is 0.298 e. The maximum atomic E-state index is 12.2. The van der Waals surface area contributed by atoms with E-state index in [0.29, 0.717) is 0 Å². The van der Waals surface area contributed by atoms with E-state index >= 15 is 0 Å². The third kappa shape index (κ3) is 1.64. The monoisotopic (exact) mass is 323 g/mol. The lowest BCUT2D eigenvalue weighted by molar-refractivity contribution is -0.127. The highest BCUT2D eigenvalue weighted by Gasteiger charge is 2.68. The van der Waals surface area contributed by atoms with Crippen LogP contribution in [0.2, 0.25) is 0 Å². The molecular formula is C11H18BrNO3S. The van der Waals surface area contributed by atoms with Gasteiger partial charge in [-0.2, -0.15) is 0 Å². The molecule has 2 bridgehead atoms. The second kappa shape index (κ2) is 3.78. The quantitative estimate of drug-likeness (QED) is 0.796. The number of fused-ring (bicyclic) bond motifs is 2. The van der Waals surface area contributed by atoms with Gasteiger partial charge in [-0.25, -0.2) is 13.1 Å². The first-order valence-electron chi connectivity index (χ1n) is 5.77. The number of carbonyl (C=O) groups is 1. The highest BCUT2D eigenvalue weighted by molar-refractivity contribution is 9.10. The Balaban J connectivity index is 2.42. The zero-order valence-corrected chi connectivity index (χ0v) is 12.7. The van der Waals surface area contributed by atoms with E-state index in [1.165, 1.54) is 7.05 Å². The van der Waals surface area contributed by atoms with Crippen molar-refractivity contribution in [3.63, 3.8) is 0 Å². The number of alkyl halides is 1. The minimum Gasteiger partial charge on any atom is -0.298 e. The summed E-state index contributed by atoms with van der Waals surface area (Å²) in [6.45, 7) is 3.86. The molecule has 0 aliphatic heterocycles. The molecule has 4 atom stereocenters. The summed E-state index contributed by atoms with van der Waals surface area (Å²) >= 11 is 3.44. The molecule has 6 heteroatoms. The van der Waals surface area contributed by atoms with Crippen molar-refractivity contribution in [2.75, 3.05) is 12.8 Å². The Bertz CT molecular complexity index is 463. The average Bonchev–Trinajstić information content (AvgIpc) is 2.55. The van der Waals surface area contributed by atoms with E-state index in [1.807, 2.05) is 13.8 Å². The Kier molecular flexibility index (Phi) is 3.00. The van der Waals surface area contributed by atoms with Gasteiger partial charge in [-0.1, -0.05) is 29.8 Å². The van der Waals surface area contributed by atoms with Crippen LogP contribution in [0.15, 0.2) is 0 Å². The molecule has 4 nitrogen and oxygen atoms in total. The van der Waals surface area contributed by atoms with Crippen LogP contribution in [0.3, 0.4) is 0 Å². The smallest absolute Gasteiger partial charge is 0.211 e. The zero-order chi connectivity index (χ0) is 13.1. The molecule has 2 aliphatic carbocycles. The average molecular weight is 324 g/mol. The van der Waals surface area contributed by atoms with Gasteiger partial charge in [0.15, 0.2) is 5.78 Å². The first kappa shape index (κ1) is 13.5. The number of ketones is 1. The maximum absolute atomic E-state index is 12.2. The molecule has 0 aromatic carbocycles. The molecule has 0 unspecified atom stereocenters. The van der Waals surface area contributed by atoms with Crippen LogP contribution in [0.1, 0.15) is 26.7 Å². The second-order valence-electron chi connectivity index (χ2n) is 5.62. The van der Waals surface area contributed by atoms with Crippen molar-refractivity contribution in [2.45, 2.75) is 31.5 Å². The number of hydrogen-bond donors (Lipinski definition) is 1. The van der Waals surface area contributed by atoms with Crippen LogP contribution in [-0.2, 0) is 14.8 Å². The van der Waals surface area contributed by atoms with Crippen molar-refractivity contribution in [3.05, 3.63) is 0 Å². The number of halogens is 1. The predicted molar refractivity (Wildman–Crippen MR) is 69.5 cm³/mol. The van der Waals surface area contributed by atoms with Gasteiger partial charge in [-0.15, -0.1) is 0 Å². The number of Topliss-reactive ketones (excluding diaryl/α,β-unsaturated/α-hetero) is 1. The van der Waals surface area contributed by atoms with Crippen molar-refractivity contribution in [2.24, 2.45) is 16.7 Å². The Labute approximate surface area is 111 Å². The molecule has 1 N–H and O–H groups in total. The molecule has 2 rings (SSSR count). The van der Waals surface area contributed by atoms with E-state index in [2.05, 4.69) is 20.7 Å². The van der Waals surface area contributed by atoms with Crippen LogP contribution < -0.4 is 4.72 Å². The van der Waals surface area contributed by atoms with Gasteiger partial charge >= 0.3 is 0 Å². The van der Waals surface area contributed by atoms with E-state index < -0.39 is 20.9 Å². The summed E-state index contributed by atoms with van der Waals surface area (Å²) in [7, 11) is -1.87. The normalized spacial score (nSPS) is 45.5. The van der Waals surface area contributed by atoms with Gasteiger partial charge in [0.1, 0.15) is 0 Å². The fraction of sp³-hybridized carbons (Fsp3) is 0.909. The van der Waals surface area contributed by atoms with Crippen molar-refractivity contribution < 1.29 is 13.2 Å². The summed E-state index contributed by atoms with van der Waals surface area (Å²) in [6.07, 6.45) is 1.72. The van der Waals surface area contributed by atoms with Gasteiger partial charge in [0, 0.05) is 5.41 Å². The second-order valence-corrected chi connectivity index (χ2v) is 8.54. The fourth-order valence-corrected chi connectivity index (χ4v) is 6.37. The van der Waals surface area contributed by atoms with E-state index in [4.69, 9.17) is 0 Å². The van der Waals surface area contributed by atoms with Gasteiger partial charge < -0.3 is 0 Å². The summed E-state index contributed by atoms with van der Waals surface area (Å²) in [5.74, 6) is 0.330. The number of carbonyl (C=O) groups excluding carboxylic acids is 1. The molecule has 0 amide bonds. The van der Waals surface area contributed by atoms with Gasteiger partial charge in [0.2, 0.25) is 10.0 Å². The molecule has 0 heterocycles. The molecule has 98 valence electrons. The SMILES string of the molecule is CNS(=O)(=O)C[C@]1(C)[C@@H]2CC[C@]1(C)C(=O)[C@H]2Br. The van der Waals surface area contributed by atoms with Crippen molar-refractivity contribution >= 4 is 31.7 Å². The Hall–Kier alpha value is 0.0600. The Morgan fingerprint density at radius 3 is 2.47 bits per heavy atom. The van der Waals surface area contributed by atoms with Crippen LogP contribution in [0.25, 0.3) is 0 Å². The first-order chi connectivity index (χ1) is 7.68. The van der Waals surface area contributed by atoms with Gasteiger partial charge in [-0.3, -0.25) is 4.79 Å². The topological polar surface area (TPSA) is 63.2 Å². The minimum absolute atomic E-state index is 0.0332. The third-order valence-corrected chi connectivity index (χ3v) is 7.64. The number of sulfonamides is 1. The first-order valence-corrected chi connectivity index (χ1v) is 8.34. The van der Waals surface area contributed by atoms with E-state index in [9.17, 15) is 13.2 Å². The number of nitrogens with one attached hydrogen (secondary N) is 1. The van der Waals surface area contributed by atoms with Crippen molar-refractivity contribution in [1.29, 1.82) is 0 Å². The van der Waals surface area contributed by atoms with Crippen molar-refractivity contribution in [3.8, 4) is 0 Å². The summed E-state index contributed by atoms with van der Waals surface area (Å²) in [4.78, 5) is 12.0. The summed E-state index contributed by atoms with van der Waals surface area (Å²) in [5, 5.41) is 0. The fourth-order valence-electron chi connectivity index (χ4n) is 3.55.